The van der Waals surface area contributed by atoms with E-state index in [1.807, 2.05) is 0 Å². The van der Waals surface area contributed by atoms with Crippen LogP contribution >= 0.6 is 0 Å². The molecule has 0 unspecified atom stereocenters. The molecule has 94 valence electrons. The van der Waals surface area contributed by atoms with Gasteiger partial charge in [0.1, 0.15) is 11.4 Å². The van der Waals surface area contributed by atoms with Gasteiger partial charge in [-0.15, -0.1) is 0 Å². The molecule has 0 saturated carbocycles. The summed E-state index contributed by atoms with van der Waals surface area (Å²) in [6.07, 6.45) is -4.53. The first-order chi connectivity index (χ1) is 7.87. The lowest BCUT2D eigenvalue weighted by Crippen LogP contribution is -2.47. The summed E-state index contributed by atoms with van der Waals surface area (Å²) in [6.45, 7) is -0.245. The molecule has 1 aliphatic heterocycles. The minimum atomic E-state index is -4.53. The fourth-order valence-corrected chi connectivity index (χ4v) is 1.74. The highest BCUT2D eigenvalue weighted by Crippen LogP contribution is 2.41. The van der Waals surface area contributed by atoms with E-state index in [1.54, 1.807) is 0 Å². The van der Waals surface area contributed by atoms with Crippen LogP contribution in [0.15, 0.2) is 18.2 Å². The molecule has 1 aromatic rings. The molecule has 0 spiro atoms. The van der Waals surface area contributed by atoms with Gasteiger partial charge in [0, 0.05) is 5.56 Å². The van der Waals surface area contributed by atoms with Crippen LogP contribution in [0.2, 0.25) is 0 Å². The van der Waals surface area contributed by atoms with Crippen molar-refractivity contribution >= 4 is 0 Å². The molecule has 1 aromatic carbocycles. The van der Waals surface area contributed by atoms with E-state index >= 15 is 0 Å². The number of ether oxygens (including phenoxy) is 2. The Morgan fingerprint density at radius 1 is 1.35 bits per heavy atom. The van der Waals surface area contributed by atoms with Crippen molar-refractivity contribution in [2.45, 2.75) is 11.8 Å². The number of alkyl halides is 3. The molecule has 0 aliphatic carbocycles. The van der Waals surface area contributed by atoms with Crippen molar-refractivity contribution < 1.29 is 27.8 Å². The van der Waals surface area contributed by atoms with Crippen LogP contribution in [0.25, 0.3) is 0 Å². The summed E-state index contributed by atoms with van der Waals surface area (Å²) in [5.74, 6) is 0.102. The molecule has 1 fully saturated rings. The van der Waals surface area contributed by atoms with Gasteiger partial charge in [-0.05, 0) is 12.1 Å². The zero-order valence-electron chi connectivity index (χ0n) is 9.04. The van der Waals surface area contributed by atoms with E-state index in [4.69, 9.17) is 9.47 Å². The molecule has 3 nitrogen and oxygen atoms in total. The Balaban J connectivity index is 2.51. The van der Waals surface area contributed by atoms with Gasteiger partial charge < -0.3 is 14.6 Å². The van der Waals surface area contributed by atoms with Gasteiger partial charge in [-0.2, -0.15) is 13.2 Å². The Kier molecular flexibility index (Phi) is 2.79. The van der Waals surface area contributed by atoms with Crippen molar-refractivity contribution in [3.8, 4) is 5.75 Å². The van der Waals surface area contributed by atoms with Gasteiger partial charge in [0.25, 0.3) is 0 Å². The average Bonchev–Trinajstić information content (AvgIpc) is 2.24. The van der Waals surface area contributed by atoms with Gasteiger partial charge in [-0.25, -0.2) is 0 Å². The van der Waals surface area contributed by atoms with Crippen LogP contribution in [0, 0.1) is 0 Å². The molecule has 0 aromatic heterocycles. The Labute approximate surface area is 95.8 Å². The van der Waals surface area contributed by atoms with Crippen LogP contribution in [0.3, 0.4) is 0 Å². The molecule has 0 bridgehead atoms. The molecule has 1 N–H and O–H groups in total. The van der Waals surface area contributed by atoms with E-state index in [9.17, 15) is 18.3 Å². The molecule has 1 saturated heterocycles. The van der Waals surface area contributed by atoms with Crippen LogP contribution in [0.4, 0.5) is 13.2 Å². The van der Waals surface area contributed by atoms with Gasteiger partial charge in [0.2, 0.25) is 0 Å². The van der Waals surface area contributed by atoms with Crippen molar-refractivity contribution in [3.63, 3.8) is 0 Å². The van der Waals surface area contributed by atoms with Crippen molar-refractivity contribution in [1.82, 2.24) is 0 Å². The molecule has 17 heavy (non-hydrogen) atoms. The van der Waals surface area contributed by atoms with E-state index in [0.29, 0.717) is 0 Å². The third kappa shape index (κ3) is 2.10. The van der Waals surface area contributed by atoms with E-state index in [-0.39, 0.29) is 24.5 Å². The summed E-state index contributed by atoms with van der Waals surface area (Å²) in [5.41, 5.74) is -2.60. The highest BCUT2D eigenvalue weighted by Gasteiger charge is 2.45. The Morgan fingerprint density at radius 3 is 2.41 bits per heavy atom. The SMILES string of the molecule is COc1ccc(C2(O)COC2)c(C(F)(F)F)c1. The van der Waals surface area contributed by atoms with Crippen LogP contribution in [-0.4, -0.2) is 25.4 Å². The predicted molar refractivity (Wildman–Crippen MR) is 52.7 cm³/mol. The molecule has 1 aliphatic rings. The normalized spacial score (nSPS) is 18.6. The Hall–Kier alpha value is -1.27. The first kappa shape index (κ1) is 12.2. The third-order valence-electron chi connectivity index (χ3n) is 2.72. The van der Waals surface area contributed by atoms with Crippen molar-refractivity contribution in [1.29, 1.82) is 0 Å². The van der Waals surface area contributed by atoms with Crippen molar-refractivity contribution in [3.05, 3.63) is 29.3 Å². The number of benzene rings is 1. The first-order valence-corrected chi connectivity index (χ1v) is 4.93. The standard InChI is InChI=1S/C11H11F3O3/c1-16-7-2-3-8(10(15)5-17-6-10)9(4-7)11(12,13)14/h2-4,15H,5-6H2,1H3. The minimum absolute atomic E-state index is 0.102. The molecular formula is C11H11F3O3. The van der Waals surface area contributed by atoms with Crippen molar-refractivity contribution in [2.24, 2.45) is 0 Å². The second-order valence-electron chi connectivity index (χ2n) is 3.93. The lowest BCUT2D eigenvalue weighted by molar-refractivity contribution is -0.191. The zero-order chi connectivity index (χ0) is 12.7. The highest BCUT2D eigenvalue weighted by atomic mass is 19.4. The summed E-state index contributed by atoms with van der Waals surface area (Å²) in [5, 5.41) is 9.92. The number of halogens is 3. The first-order valence-electron chi connectivity index (χ1n) is 4.93. The zero-order valence-corrected chi connectivity index (χ0v) is 9.04. The molecule has 0 radical (unpaired) electrons. The molecular weight excluding hydrogens is 237 g/mol. The summed E-state index contributed by atoms with van der Waals surface area (Å²) in [6, 6.07) is 3.50. The average molecular weight is 248 g/mol. The fraction of sp³-hybridized carbons (Fsp3) is 0.455. The lowest BCUT2D eigenvalue weighted by atomic mass is 9.88. The molecule has 0 amide bonds. The number of aliphatic hydroxyl groups is 1. The maximum absolute atomic E-state index is 12.8. The monoisotopic (exact) mass is 248 g/mol. The second-order valence-corrected chi connectivity index (χ2v) is 3.93. The molecule has 2 rings (SSSR count). The third-order valence-corrected chi connectivity index (χ3v) is 2.72. The van der Waals surface area contributed by atoms with Crippen LogP contribution < -0.4 is 4.74 Å². The number of rotatable bonds is 2. The molecule has 0 atom stereocenters. The lowest BCUT2D eigenvalue weighted by Gasteiger charge is -2.38. The van der Waals surface area contributed by atoms with Gasteiger partial charge in [0.05, 0.1) is 25.9 Å². The van der Waals surface area contributed by atoms with E-state index in [2.05, 4.69) is 0 Å². The van der Waals surface area contributed by atoms with Crippen LogP contribution in [-0.2, 0) is 16.5 Å². The maximum atomic E-state index is 12.8. The van der Waals surface area contributed by atoms with Gasteiger partial charge in [-0.3, -0.25) is 0 Å². The topological polar surface area (TPSA) is 38.7 Å². The summed E-state index contributed by atoms with van der Waals surface area (Å²) < 4.78 is 48.1. The Morgan fingerprint density at radius 2 is 2.00 bits per heavy atom. The highest BCUT2D eigenvalue weighted by molar-refractivity contribution is 5.41. The quantitative estimate of drug-likeness (QED) is 0.869. The van der Waals surface area contributed by atoms with E-state index < -0.39 is 17.3 Å². The minimum Gasteiger partial charge on any atom is -0.497 e. The second kappa shape index (κ2) is 3.89. The molecule has 6 heteroatoms. The van der Waals surface area contributed by atoms with Crippen LogP contribution in [0.5, 0.6) is 5.75 Å². The van der Waals surface area contributed by atoms with Gasteiger partial charge in [-0.1, -0.05) is 6.07 Å². The molecule has 1 heterocycles. The van der Waals surface area contributed by atoms with E-state index in [1.165, 1.54) is 19.2 Å². The largest absolute Gasteiger partial charge is 0.497 e. The summed E-state index contributed by atoms with van der Waals surface area (Å²) >= 11 is 0. The van der Waals surface area contributed by atoms with E-state index in [0.717, 1.165) is 6.07 Å². The van der Waals surface area contributed by atoms with Crippen LogP contribution in [0.1, 0.15) is 11.1 Å². The van der Waals surface area contributed by atoms with Gasteiger partial charge >= 0.3 is 6.18 Å². The summed E-state index contributed by atoms with van der Waals surface area (Å²) in [4.78, 5) is 0. The fourth-order valence-electron chi connectivity index (χ4n) is 1.74. The number of hydrogen-bond donors (Lipinski definition) is 1. The summed E-state index contributed by atoms with van der Waals surface area (Å²) in [7, 11) is 1.29. The number of hydrogen-bond acceptors (Lipinski definition) is 3. The van der Waals surface area contributed by atoms with Crippen molar-refractivity contribution in [2.75, 3.05) is 20.3 Å². The Bertz CT molecular complexity index is 424. The number of methoxy groups -OCH3 is 1. The van der Waals surface area contributed by atoms with Gasteiger partial charge in [0.15, 0.2) is 0 Å². The smallest absolute Gasteiger partial charge is 0.416 e. The maximum Gasteiger partial charge on any atom is 0.416 e. The predicted octanol–water partition coefficient (Wildman–Crippen LogP) is 1.93.